The molecular weight excluding hydrogens is 313 g/mol. The molecule has 0 saturated heterocycles. The third-order valence-corrected chi connectivity index (χ3v) is 3.87. The monoisotopic (exact) mass is 336 g/mol. The third-order valence-electron chi connectivity index (χ3n) is 3.87. The zero-order valence-corrected chi connectivity index (χ0v) is 14.5. The first-order chi connectivity index (χ1) is 11.3. The van der Waals surface area contributed by atoms with Crippen molar-refractivity contribution in [2.75, 3.05) is 13.6 Å². The molecule has 0 aliphatic rings. The second-order valence-corrected chi connectivity index (χ2v) is 6.60. The molecule has 2 aromatic rings. The SMILES string of the molecule is Cc1ncc(-c2ccc(F)c(C(F)F)c2)cc1CN(C)CC(C)C. The van der Waals surface area contributed by atoms with Crippen molar-refractivity contribution >= 4 is 0 Å². The van der Waals surface area contributed by atoms with Crippen LogP contribution in [0.25, 0.3) is 11.1 Å². The summed E-state index contributed by atoms with van der Waals surface area (Å²) in [7, 11) is 2.04. The van der Waals surface area contributed by atoms with Crippen LogP contribution >= 0.6 is 0 Å². The smallest absolute Gasteiger partial charge is 0.266 e. The molecular formula is C19H23F3N2. The Balaban J connectivity index is 2.32. The van der Waals surface area contributed by atoms with Crippen molar-refractivity contribution < 1.29 is 13.2 Å². The second kappa shape index (κ2) is 7.79. The minimum atomic E-state index is -2.83. The van der Waals surface area contributed by atoms with Crippen molar-refractivity contribution in [1.29, 1.82) is 0 Å². The maximum Gasteiger partial charge on any atom is 0.266 e. The third kappa shape index (κ3) is 4.57. The van der Waals surface area contributed by atoms with Crippen LogP contribution < -0.4 is 0 Å². The largest absolute Gasteiger partial charge is 0.302 e. The van der Waals surface area contributed by atoms with E-state index < -0.39 is 17.8 Å². The number of nitrogens with zero attached hydrogens (tertiary/aromatic N) is 2. The predicted molar refractivity (Wildman–Crippen MR) is 90.5 cm³/mol. The van der Waals surface area contributed by atoms with Crippen LogP contribution in [0.4, 0.5) is 13.2 Å². The van der Waals surface area contributed by atoms with E-state index in [1.165, 1.54) is 12.1 Å². The number of alkyl halides is 2. The molecule has 1 aromatic heterocycles. The minimum Gasteiger partial charge on any atom is -0.302 e. The van der Waals surface area contributed by atoms with Gasteiger partial charge >= 0.3 is 0 Å². The number of aromatic nitrogens is 1. The van der Waals surface area contributed by atoms with Crippen LogP contribution in [0.2, 0.25) is 0 Å². The molecule has 1 aromatic carbocycles. The van der Waals surface area contributed by atoms with E-state index >= 15 is 0 Å². The highest BCUT2D eigenvalue weighted by Gasteiger charge is 2.15. The van der Waals surface area contributed by atoms with Crippen LogP contribution in [0.15, 0.2) is 30.5 Å². The van der Waals surface area contributed by atoms with Crippen molar-refractivity contribution in [1.82, 2.24) is 9.88 Å². The molecule has 2 rings (SSSR count). The van der Waals surface area contributed by atoms with Gasteiger partial charge in [-0.15, -0.1) is 0 Å². The van der Waals surface area contributed by atoms with Crippen molar-refractivity contribution in [3.8, 4) is 11.1 Å². The van der Waals surface area contributed by atoms with Gasteiger partial charge in [0.2, 0.25) is 0 Å². The molecule has 0 N–H and O–H groups in total. The van der Waals surface area contributed by atoms with Gasteiger partial charge in [0, 0.05) is 30.5 Å². The second-order valence-electron chi connectivity index (χ2n) is 6.60. The summed E-state index contributed by atoms with van der Waals surface area (Å²) in [5.74, 6) is -0.331. The summed E-state index contributed by atoms with van der Waals surface area (Å²) in [6.45, 7) is 7.92. The summed E-state index contributed by atoms with van der Waals surface area (Å²) in [5.41, 5.74) is 2.64. The molecule has 130 valence electrons. The van der Waals surface area contributed by atoms with E-state index in [1.807, 2.05) is 20.0 Å². The molecule has 0 aliphatic carbocycles. The van der Waals surface area contributed by atoms with E-state index in [0.717, 1.165) is 36.0 Å². The molecule has 0 bridgehead atoms. The average Bonchev–Trinajstić information content (AvgIpc) is 2.49. The summed E-state index contributed by atoms with van der Waals surface area (Å²) in [5, 5.41) is 0. The van der Waals surface area contributed by atoms with E-state index in [4.69, 9.17) is 0 Å². The average molecular weight is 336 g/mol. The summed E-state index contributed by atoms with van der Waals surface area (Å²) in [6, 6.07) is 5.74. The number of rotatable bonds is 6. The van der Waals surface area contributed by atoms with Gasteiger partial charge in [0.25, 0.3) is 6.43 Å². The lowest BCUT2D eigenvalue weighted by molar-refractivity contribution is 0.146. The predicted octanol–water partition coefficient (Wildman–Crippen LogP) is 5.22. The molecule has 0 aliphatic heterocycles. The Hall–Kier alpha value is -1.88. The fourth-order valence-corrected chi connectivity index (χ4v) is 2.77. The Morgan fingerprint density at radius 2 is 1.83 bits per heavy atom. The molecule has 24 heavy (non-hydrogen) atoms. The number of hydrogen-bond donors (Lipinski definition) is 0. The van der Waals surface area contributed by atoms with E-state index in [1.54, 1.807) is 6.20 Å². The van der Waals surface area contributed by atoms with Gasteiger partial charge in [-0.25, -0.2) is 13.2 Å². The van der Waals surface area contributed by atoms with Crippen LogP contribution in [-0.2, 0) is 6.54 Å². The number of benzene rings is 1. The molecule has 0 amide bonds. The Labute approximate surface area is 141 Å². The van der Waals surface area contributed by atoms with E-state index in [-0.39, 0.29) is 0 Å². The van der Waals surface area contributed by atoms with Crippen molar-refractivity contribution in [3.05, 3.63) is 53.1 Å². The lowest BCUT2D eigenvalue weighted by atomic mass is 10.0. The lowest BCUT2D eigenvalue weighted by Crippen LogP contribution is -2.23. The quantitative estimate of drug-likeness (QED) is 0.719. The molecule has 0 unspecified atom stereocenters. The molecule has 5 heteroatoms. The lowest BCUT2D eigenvalue weighted by Gasteiger charge is -2.20. The normalized spacial score (nSPS) is 11.8. The highest BCUT2D eigenvalue weighted by Crippen LogP contribution is 2.28. The first-order valence-electron chi connectivity index (χ1n) is 8.00. The zero-order chi connectivity index (χ0) is 17.9. The highest BCUT2D eigenvalue weighted by molar-refractivity contribution is 5.64. The van der Waals surface area contributed by atoms with Crippen molar-refractivity contribution in [2.24, 2.45) is 5.92 Å². The highest BCUT2D eigenvalue weighted by atomic mass is 19.3. The molecule has 0 fully saturated rings. The number of pyridine rings is 1. The maximum atomic E-state index is 13.5. The summed E-state index contributed by atoms with van der Waals surface area (Å²) < 4.78 is 39.3. The molecule has 0 atom stereocenters. The Morgan fingerprint density at radius 1 is 1.12 bits per heavy atom. The standard InChI is InChI=1S/C19H23F3N2/c1-12(2)10-24(4)11-16-7-15(9-23-13(16)3)14-5-6-18(20)17(8-14)19(21)22/h5-9,12,19H,10-11H2,1-4H3. The summed E-state index contributed by atoms with van der Waals surface area (Å²) in [6.07, 6.45) is -1.19. The van der Waals surface area contributed by atoms with Crippen LogP contribution in [0.3, 0.4) is 0 Å². The van der Waals surface area contributed by atoms with Crippen molar-refractivity contribution in [3.63, 3.8) is 0 Å². The van der Waals surface area contributed by atoms with E-state index in [0.29, 0.717) is 11.5 Å². The maximum absolute atomic E-state index is 13.5. The van der Waals surface area contributed by atoms with Gasteiger partial charge in [-0.05, 0) is 49.2 Å². The van der Waals surface area contributed by atoms with Gasteiger partial charge in [-0.3, -0.25) is 4.98 Å². The number of halogens is 3. The van der Waals surface area contributed by atoms with E-state index in [2.05, 4.69) is 23.7 Å². The Morgan fingerprint density at radius 3 is 2.46 bits per heavy atom. The van der Waals surface area contributed by atoms with Gasteiger partial charge in [0.1, 0.15) is 5.82 Å². The fraction of sp³-hybridized carbons (Fsp3) is 0.421. The Kier molecular flexibility index (Phi) is 5.99. The molecule has 0 radical (unpaired) electrons. The van der Waals surface area contributed by atoms with Crippen LogP contribution in [0.5, 0.6) is 0 Å². The summed E-state index contributed by atoms with van der Waals surface area (Å²) >= 11 is 0. The zero-order valence-electron chi connectivity index (χ0n) is 14.5. The first-order valence-corrected chi connectivity index (χ1v) is 8.00. The fourth-order valence-electron chi connectivity index (χ4n) is 2.77. The van der Waals surface area contributed by atoms with E-state index in [9.17, 15) is 13.2 Å². The van der Waals surface area contributed by atoms with Crippen molar-refractivity contribution in [2.45, 2.75) is 33.7 Å². The first kappa shape index (κ1) is 18.5. The minimum absolute atomic E-state index is 0.548. The molecule has 2 nitrogen and oxygen atoms in total. The van der Waals surface area contributed by atoms with Gasteiger partial charge in [0.15, 0.2) is 0 Å². The number of hydrogen-bond acceptors (Lipinski definition) is 2. The van der Waals surface area contributed by atoms with Crippen LogP contribution in [0.1, 0.15) is 37.1 Å². The summed E-state index contributed by atoms with van der Waals surface area (Å²) in [4.78, 5) is 6.58. The number of aryl methyl sites for hydroxylation is 1. The topological polar surface area (TPSA) is 16.1 Å². The molecule has 0 spiro atoms. The van der Waals surface area contributed by atoms with Gasteiger partial charge in [0.05, 0.1) is 5.56 Å². The van der Waals surface area contributed by atoms with Gasteiger partial charge < -0.3 is 4.90 Å². The Bertz CT molecular complexity index is 699. The molecule has 0 saturated carbocycles. The van der Waals surface area contributed by atoms with Gasteiger partial charge in [-0.1, -0.05) is 19.9 Å². The molecule has 1 heterocycles. The van der Waals surface area contributed by atoms with Crippen LogP contribution in [-0.4, -0.2) is 23.5 Å². The van der Waals surface area contributed by atoms with Gasteiger partial charge in [-0.2, -0.15) is 0 Å². The van der Waals surface area contributed by atoms with Crippen LogP contribution in [0, 0.1) is 18.7 Å².